The Balaban J connectivity index is 1.47. The summed E-state index contributed by atoms with van der Waals surface area (Å²) in [7, 11) is 1.69. The molecule has 4 rings (SSSR count). The van der Waals surface area contributed by atoms with Crippen molar-refractivity contribution in [1.82, 2.24) is 20.0 Å². The van der Waals surface area contributed by atoms with Crippen LogP contribution in [-0.2, 0) is 0 Å². The summed E-state index contributed by atoms with van der Waals surface area (Å²) in [4.78, 5) is 15.2. The minimum atomic E-state index is -0.242. The monoisotopic (exact) mass is 405 g/mol. The third-order valence-corrected chi connectivity index (χ3v) is 5.44. The average Bonchev–Trinajstić information content (AvgIpc) is 3.49. The van der Waals surface area contributed by atoms with Crippen molar-refractivity contribution < 1.29 is 9.53 Å². The van der Waals surface area contributed by atoms with Gasteiger partial charge < -0.3 is 15.4 Å². The zero-order valence-corrected chi connectivity index (χ0v) is 17.1. The number of benzene rings is 2. The molecule has 0 bridgehead atoms. The topological polar surface area (TPSA) is 71.4 Å². The number of likely N-dealkylation sites (tertiary alicyclic amines) is 1. The van der Waals surface area contributed by atoms with Crippen LogP contribution in [0.3, 0.4) is 0 Å². The molecule has 0 saturated carbocycles. The predicted molar refractivity (Wildman–Crippen MR) is 117 cm³/mol. The van der Waals surface area contributed by atoms with E-state index in [1.807, 2.05) is 54.7 Å². The van der Waals surface area contributed by atoms with Crippen LogP contribution in [-0.4, -0.2) is 47.5 Å². The molecular formula is C23H27N5O2. The lowest BCUT2D eigenvalue weighted by molar-refractivity contribution is 0.224. The minimum absolute atomic E-state index is 0.0655. The Kier molecular flexibility index (Phi) is 6.29. The lowest BCUT2D eigenvalue weighted by Crippen LogP contribution is -2.38. The zero-order valence-electron chi connectivity index (χ0n) is 17.1. The molecule has 7 heteroatoms. The van der Waals surface area contributed by atoms with Gasteiger partial charge in [0.25, 0.3) is 0 Å². The number of hydrogen-bond donors (Lipinski definition) is 2. The molecule has 1 unspecified atom stereocenters. The van der Waals surface area contributed by atoms with Crippen LogP contribution in [0.4, 0.5) is 10.5 Å². The molecule has 7 nitrogen and oxygen atoms in total. The number of nitrogens with zero attached hydrogens (tertiary/aromatic N) is 3. The molecule has 1 aromatic heterocycles. The number of methoxy groups -OCH3 is 1. The number of ether oxygens (including phenoxy) is 1. The second kappa shape index (κ2) is 9.45. The van der Waals surface area contributed by atoms with E-state index in [9.17, 15) is 4.79 Å². The molecule has 3 aromatic rings. The van der Waals surface area contributed by atoms with Crippen molar-refractivity contribution >= 4 is 11.7 Å². The van der Waals surface area contributed by atoms with Crippen LogP contribution in [0.25, 0.3) is 5.69 Å². The van der Waals surface area contributed by atoms with E-state index in [4.69, 9.17) is 4.74 Å². The predicted octanol–water partition coefficient (Wildman–Crippen LogP) is 3.84. The molecule has 1 atom stereocenters. The molecule has 156 valence electrons. The first-order valence-electron chi connectivity index (χ1n) is 10.3. The summed E-state index contributed by atoms with van der Waals surface area (Å²) in [5.74, 6) is 0.848. The maximum absolute atomic E-state index is 12.7. The molecule has 2 aromatic carbocycles. The quantitative estimate of drug-likeness (QED) is 0.627. The number of carbonyl (C=O) groups is 1. The summed E-state index contributed by atoms with van der Waals surface area (Å²) in [5.41, 5.74) is 2.62. The second-order valence-electron chi connectivity index (χ2n) is 7.30. The van der Waals surface area contributed by atoms with E-state index in [1.54, 1.807) is 18.0 Å². The number of amides is 2. The highest BCUT2D eigenvalue weighted by Crippen LogP contribution is 2.31. The van der Waals surface area contributed by atoms with Crippen LogP contribution in [0.1, 0.15) is 24.4 Å². The fourth-order valence-corrected chi connectivity index (χ4v) is 3.98. The first-order valence-corrected chi connectivity index (χ1v) is 10.3. The molecule has 0 aliphatic carbocycles. The van der Waals surface area contributed by atoms with Crippen molar-refractivity contribution in [3.63, 3.8) is 0 Å². The summed E-state index contributed by atoms with van der Waals surface area (Å²) in [5, 5.41) is 10.3. The molecule has 1 saturated heterocycles. The third-order valence-electron chi connectivity index (χ3n) is 5.44. The van der Waals surface area contributed by atoms with Crippen molar-refractivity contribution in [1.29, 1.82) is 0 Å². The van der Waals surface area contributed by atoms with Gasteiger partial charge >= 0.3 is 6.03 Å². The van der Waals surface area contributed by atoms with Crippen LogP contribution < -0.4 is 15.4 Å². The zero-order chi connectivity index (χ0) is 20.8. The highest BCUT2D eigenvalue weighted by atomic mass is 16.5. The van der Waals surface area contributed by atoms with E-state index >= 15 is 0 Å². The van der Waals surface area contributed by atoms with Crippen molar-refractivity contribution in [3.8, 4) is 11.4 Å². The Hall–Kier alpha value is -3.32. The first kappa shape index (κ1) is 20.0. The van der Waals surface area contributed by atoms with Crippen LogP contribution >= 0.6 is 0 Å². The van der Waals surface area contributed by atoms with E-state index in [-0.39, 0.29) is 12.1 Å². The largest absolute Gasteiger partial charge is 0.496 e. The number of urea groups is 1. The highest BCUT2D eigenvalue weighted by Gasteiger charge is 2.26. The minimum Gasteiger partial charge on any atom is -0.496 e. The maximum atomic E-state index is 12.7. The van der Waals surface area contributed by atoms with Gasteiger partial charge in [-0.15, -0.1) is 0 Å². The molecule has 1 aliphatic rings. The van der Waals surface area contributed by atoms with Gasteiger partial charge in [-0.05, 0) is 50.2 Å². The molecule has 0 spiro atoms. The summed E-state index contributed by atoms with van der Waals surface area (Å²) >= 11 is 0. The molecular weight excluding hydrogens is 378 g/mol. The van der Waals surface area contributed by atoms with Crippen molar-refractivity contribution in [2.75, 3.05) is 32.1 Å². The van der Waals surface area contributed by atoms with Crippen LogP contribution in [0, 0.1) is 0 Å². The summed E-state index contributed by atoms with van der Waals surface area (Å²) < 4.78 is 7.31. The van der Waals surface area contributed by atoms with Gasteiger partial charge in [0.2, 0.25) is 0 Å². The third kappa shape index (κ3) is 4.46. The fourth-order valence-electron chi connectivity index (χ4n) is 3.98. The average molecular weight is 406 g/mol. The molecule has 30 heavy (non-hydrogen) atoms. The number of carbonyl (C=O) groups excluding carboxylic acids is 1. The first-order chi connectivity index (χ1) is 14.8. The number of anilines is 1. The Bertz CT molecular complexity index is 967. The SMILES string of the molecule is COc1ccccc1C(CNC(=O)Nc1ccccc1-n1cccn1)N1CCCC1. The Morgan fingerprint density at radius 2 is 1.87 bits per heavy atom. The van der Waals surface area contributed by atoms with Crippen LogP contribution in [0.2, 0.25) is 0 Å². The van der Waals surface area contributed by atoms with Gasteiger partial charge in [-0.3, -0.25) is 4.90 Å². The van der Waals surface area contributed by atoms with E-state index in [0.29, 0.717) is 12.2 Å². The van der Waals surface area contributed by atoms with E-state index in [0.717, 1.165) is 30.1 Å². The van der Waals surface area contributed by atoms with Gasteiger partial charge in [0.05, 0.1) is 24.5 Å². The molecule has 2 N–H and O–H groups in total. The van der Waals surface area contributed by atoms with Gasteiger partial charge in [-0.2, -0.15) is 5.10 Å². The highest BCUT2D eigenvalue weighted by molar-refractivity contribution is 5.91. The normalized spacial score (nSPS) is 15.0. The van der Waals surface area contributed by atoms with E-state index in [2.05, 4.69) is 26.7 Å². The van der Waals surface area contributed by atoms with Gasteiger partial charge in [-0.1, -0.05) is 30.3 Å². The number of hydrogen-bond acceptors (Lipinski definition) is 4. The number of para-hydroxylation sites is 3. The van der Waals surface area contributed by atoms with Crippen LogP contribution in [0.15, 0.2) is 67.0 Å². The van der Waals surface area contributed by atoms with Crippen molar-refractivity contribution in [2.24, 2.45) is 0 Å². The van der Waals surface area contributed by atoms with E-state index in [1.165, 1.54) is 12.8 Å². The van der Waals surface area contributed by atoms with Crippen LogP contribution in [0.5, 0.6) is 5.75 Å². The van der Waals surface area contributed by atoms with Crippen molar-refractivity contribution in [3.05, 3.63) is 72.6 Å². The van der Waals surface area contributed by atoms with Gasteiger partial charge in [0, 0.05) is 24.5 Å². The number of rotatable bonds is 7. The summed E-state index contributed by atoms with van der Waals surface area (Å²) in [6, 6.07) is 17.3. The Morgan fingerprint density at radius 1 is 1.10 bits per heavy atom. The summed E-state index contributed by atoms with van der Waals surface area (Å²) in [6.45, 7) is 2.54. The Morgan fingerprint density at radius 3 is 2.63 bits per heavy atom. The standard InChI is InChI=1S/C23H27N5O2/c1-30-22-12-5-2-9-18(22)21(27-14-6-7-15-27)17-24-23(29)26-19-10-3-4-11-20(19)28-16-8-13-25-28/h2-5,8-13,16,21H,6-7,14-15,17H2,1H3,(H2,24,26,29). The van der Waals surface area contributed by atoms with Gasteiger partial charge in [0.15, 0.2) is 0 Å². The molecule has 2 amide bonds. The lowest BCUT2D eigenvalue weighted by atomic mass is 10.0. The number of nitrogens with one attached hydrogen (secondary N) is 2. The molecule has 0 radical (unpaired) electrons. The van der Waals surface area contributed by atoms with Gasteiger partial charge in [-0.25, -0.2) is 9.48 Å². The second-order valence-corrected chi connectivity index (χ2v) is 7.30. The fraction of sp³-hybridized carbons (Fsp3) is 0.304. The van der Waals surface area contributed by atoms with Gasteiger partial charge in [0.1, 0.15) is 5.75 Å². The molecule has 2 heterocycles. The summed E-state index contributed by atoms with van der Waals surface area (Å²) in [6.07, 6.45) is 5.92. The maximum Gasteiger partial charge on any atom is 0.319 e. The molecule has 1 fully saturated rings. The number of aromatic nitrogens is 2. The Labute approximate surface area is 176 Å². The van der Waals surface area contributed by atoms with Crippen molar-refractivity contribution in [2.45, 2.75) is 18.9 Å². The molecule has 1 aliphatic heterocycles. The lowest BCUT2D eigenvalue weighted by Gasteiger charge is -2.29. The smallest absolute Gasteiger partial charge is 0.319 e. The van der Waals surface area contributed by atoms with E-state index < -0.39 is 0 Å².